The molecule has 27 heavy (non-hydrogen) atoms. The molecular formula is C22H35N3O2. The Morgan fingerprint density at radius 1 is 0.889 bits per heavy atom. The molecule has 0 aromatic heterocycles. The van der Waals surface area contributed by atoms with Crippen molar-refractivity contribution in [2.45, 2.75) is 89.6 Å². The van der Waals surface area contributed by atoms with Crippen LogP contribution in [0.3, 0.4) is 0 Å². The number of azide groups is 1. The summed E-state index contributed by atoms with van der Waals surface area (Å²) in [6.45, 7) is 0.474. The van der Waals surface area contributed by atoms with E-state index in [0.29, 0.717) is 13.0 Å². The van der Waals surface area contributed by atoms with Crippen LogP contribution in [0, 0.1) is 35.5 Å². The van der Waals surface area contributed by atoms with Crippen molar-refractivity contribution in [3.63, 3.8) is 0 Å². The largest absolute Gasteiger partial charge is 0.462 e. The van der Waals surface area contributed by atoms with E-state index >= 15 is 0 Å². The highest BCUT2D eigenvalue weighted by Gasteiger charge is 2.49. The molecular weight excluding hydrogens is 338 g/mol. The van der Waals surface area contributed by atoms with E-state index in [2.05, 4.69) is 10.0 Å². The summed E-state index contributed by atoms with van der Waals surface area (Å²) in [5.41, 5.74) is 8.27. The molecule has 0 radical (unpaired) electrons. The van der Waals surface area contributed by atoms with Crippen molar-refractivity contribution in [2.24, 2.45) is 40.6 Å². The molecule has 0 aromatic rings. The lowest BCUT2D eigenvalue weighted by Crippen LogP contribution is -2.45. The van der Waals surface area contributed by atoms with Gasteiger partial charge in [0.25, 0.3) is 0 Å². The topological polar surface area (TPSA) is 75.1 Å². The molecule has 7 atom stereocenters. The van der Waals surface area contributed by atoms with Crippen LogP contribution in [0.25, 0.3) is 10.4 Å². The number of fused-ring (bicyclic) bond motifs is 5. The maximum atomic E-state index is 12.1. The van der Waals surface area contributed by atoms with E-state index in [1.807, 2.05) is 0 Å². The third-order valence-corrected chi connectivity index (χ3v) is 8.35. The van der Waals surface area contributed by atoms with Gasteiger partial charge >= 0.3 is 5.97 Å². The number of ether oxygens (including phenoxy) is 1. The number of hydrogen-bond donors (Lipinski definition) is 0. The van der Waals surface area contributed by atoms with Crippen molar-refractivity contribution in [2.75, 3.05) is 6.54 Å². The molecule has 0 heterocycles. The van der Waals surface area contributed by atoms with Crippen LogP contribution >= 0.6 is 0 Å². The molecule has 0 aliphatic heterocycles. The van der Waals surface area contributed by atoms with Gasteiger partial charge in [-0.1, -0.05) is 18.0 Å². The first-order valence-electron chi connectivity index (χ1n) is 11.5. The fourth-order valence-electron chi connectivity index (χ4n) is 7.28. The van der Waals surface area contributed by atoms with Crippen molar-refractivity contribution in [3.05, 3.63) is 10.4 Å². The van der Waals surface area contributed by atoms with Gasteiger partial charge in [0.15, 0.2) is 0 Å². The Morgan fingerprint density at radius 3 is 2.44 bits per heavy atom. The molecule has 0 N–H and O–H groups in total. The molecule has 4 aliphatic carbocycles. The van der Waals surface area contributed by atoms with E-state index in [1.165, 1.54) is 51.4 Å². The summed E-state index contributed by atoms with van der Waals surface area (Å²) in [5, 5.41) is 3.51. The second-order valence-corrected chi connectivity index (χ2v) is 9.60. The Kier molecular flexibility index (Phi) is 6.27. The van der Waals surface area contributed by atoms with Crippen LogP contribution in [0.5, 0.6) is 0 Å². The summed E-state index contributed by atoms with van der Waals surface area (Å²) < 4.78 is 5.81. The highest BCUT2D eigenvalue weighted by atomic mass is 16.5. The zero-order chi connectivity index (χ0) is 18.6. The van der Waals surface area contributed by atoms with Crippen molar-refractivity contribution in [3.8, 4) is 0 Å². The lowest BCUT2D eigenvalue weighted by atomic mass is 9.53. The van der Waals surface area contributed by atoms with Gasteiger partial charge in [0.1, 0.15) is 6.10 Å². The zero-order valence-electron chi connectivity index (χ0n) is 16.6. The van der Waals surface area contributed by atoms with E-state index < -0.39 is 0 Å². The molecule has 0 aromatic carbocycles. The minimum atomic E-state index is -0.0560. The Morgan fingerprint density at radius 2 is 1.63 bits per heavy atom. The van der Waals surface area contributed by atoms with E-state index in [9.17, 15) is 4.79 Å². The van der Waals surface area contributed by atoms with E-state index in [1.54, 1.807) is 0 Å². The fraction of sp³-hybridized carbons (Fsp3) is 0.955. The van der Waals surface area contributed by atoms with Gasteiger partial charge in [0, 0.05) is 17.9 Å². The summed E-state index contributed by atoms with van der Waals surface area (Å²) in [5.74, 6) is 5.73. The quantitative estimate of drug-likeness (QED) is 0.187. The van der Waals surface area contributed by atoms with Crippen LogP contribution in [0.4, 0.5) is 0 Å². The lowest BCUT2D eigenvalue weighted by molar-refractivity contribution is -0.154. The monoisotopic (exact) mass is 373 g/mol. The Hall–Kier alpha value is -1.22. The minimum absolute atomic E-state index is 0.0560. The molecule has 7 unspecified atom stereocenters. The third-order valence-electron chi connectivity index (χ3n) is 8.35. The number of hydrogen-bond acceptors (Lipinski definition) is 3. The van der Waals surface area contributed by atoms with Crippen LogP contribution in [0.2, 0.25) is 0 Å². The number of carbonyl (C=O) groups excluding carboxylic acids is 1. The van der Waals surface area contributed by atoms with Gasteiger partial charge in [-0.25, -0.2) is 0 Å². The van der Waals surface area contributed by atoms with Crippen molar-refractivity contribution < 1.29 is 9.53 Å². The van der Waals surface area contributed by atoms with Gasteiger partial charge in [0.2, 0.25) is 0 Å². The van der Waals surface area contributed by atoms with Crippen LogP contribution in [-0.2, 0) is 9.53 Å². The number of esters is 1. The summed E-state index contributed by atoms with van der Waals surface area (Å²) >= 11 is 0. The maximum absolute atomic E-state index is 12.1. The first kappa shape index (κ1) is 19.1. The SMILES string of the molecule is [N-]=[N+]=NCCCCC(=O)OC1CCC2C(CCC3C4CCCC4CCC23)C1. The van der Waals surface area contributed by atoms with Crippen LogP contribution in [0.1, 0.15) is 83.5 Å². The predicted molar refractivity (Wildman–Crippen MR) is 105 cm³/mol. The molecule has 4 saturated carbocycles. The average Bonchev–Trinajstić information content (AvgIpc) is 3.16. The molecule has 0 saturated heterocycles. The number of carbonyl (C=O) groups is 1. The summed E-state index contributed by atoms with van der Waals surface area (Å²) in [6.07, 6.45) is 15.8. The molecule has 0 amide bonds. The minimum Gasteiger partial charge on any atom is -0.462 e. The number of rotatable bonds is 6. The van der Waals surface area contributed by atoms with E-state index in [0.717, 1.165) is 61.2 Å². The van der Waals surface area contributed by atoms with E-state index in [-0.39, 0.29) is 12.1 Å². The molecule has 5 nitrogen and oxygen atoms in total. The number of nitrogens with zero attached hydrogens (tertiary/aromatic N) is 3. The highest BCUT2D eigenvalue weighted by Crippen LogP contribution is 2.57. The first-order valence-corrected chi connectivity index (χ1v) is 11.5. The molecule has 0 spiro atoms. The van der Waals surface area contributed by atoms with Gasteiger partial charge < -0.3 is 4.74 Å². The van der Waals surface area contributed by atoms with Crippen molar-refractivity contribution in [1.82, 2.24) is 0 Å². The smallest absolute Gasteiger partial charge is 0.306 e. The van der Waals surface area contributed by atoms with Gasteiger partial charge in [-0.15, -0.1) is 0 Å². The normalized spacial score (nSPS) is 40.2. The second kappa shape index (κ2) is 8.86. The van der Waals surface area contributed by atoms with Crippen LogP contribution in [-0.4, -0.2) is 18.6 Å². The Balaban J connectivity index is 1.24. The molecule has 4 aliphatic rings. The summed E-state index contributed by atoms with van der Waals surface area (Å²) in [6, 6.07) is 0. The fourth-order valence-corrected chi connectivity index (χ4v) is 7.28. The molecule has 150 valence electrons. The van der Waals surface area contributed by atoms with Gasteiger partial charge in [-0.3, -0.25) is 4.79 Å². The van der Waals surface area contributed by atoms with Gasteiger partial charge in [-0.2, -0.15) is 0 Å². The highest BCUT2D eigenvalue weighted by molar-refractivity contribution is 5.69. The lowest BCUT2D eigenvalue weighted by Gasteiger charge is -2.52. The third kappa shape index (κ3) is 4.29. The Labute approximate surface area is 163 Å². The van der Waals surface area contributed by atoms with Crippen LogP contribution in [0.15, 0.2) is 5.11 Å². The maximum Gasteiger partial charge on any atom is 0.306 e. The summed E-state index contributed by atoms with van der Waals surface area (Å²) in [4.78, 5) is 14.9. The molecule has 4 rings (SSSR count). The second-order valence-electron chi connectivity index (χ2n) is 9.60. The van der Waals surface area contributed by atoms with Crippen LogP contribution < -0.4 is 0 Å². The standard InChI is InChI=1S/C22H35N3O2/c23-25-24-13-2-1-6-22(26)27-17-9-12-19-16(14-17)8-11-20-18-5-3-4-15(18)7-10-21(19)20/h15-21H,1-14H2. The molecule has 5 heteroatoms. The zero-order valence-corrected chi connectivity index (χ0v) is 16.6. The summed E-state index contributed by atoms with van der Waals surface area (Å²) in [7, 11) is 0. The van der Waals surface area contributed by atoms with Crippen molar-refractivity contribution in [1.29, 1.82) is 0 Å². The first-order chi connectivity index (χ1) is 13.3. The van der Waals surface area contributed by atoms with Gasteiger partial charge in [-0.05, 0) is 105 Å². The van der Waals surface area contributed by atoms with Gasteiger partial charge in [0.05, 0.1) is 0 Å². The molecule has 0 bridgehead atoms. The average molecular weight is 374 g/mol. The Bertz CT molecular complexity index is 574. The molecule has 4 fully saturated rings. The van der Waals surface area contributed by atoms with E-state index in [4.69, 9.17) is 10.3 Å². The van der Waals surface area contributed by atoms with Crippen molar-refractivity contribution >= 4 is 5.97 Å². The number of unbranched alkanes of at least 4 members (excludes halogenated alkanes) is 1. The predicted octanol–water partition coefficient (Wildman–Crippen LogP) is 6.03.